The average Bonchev–Trinajstić information content (AvgIpc) is 2.97. The minimum atomic E-state index is -0.373. The highest BCUT2D eigenvalue weighted by molar-refractivity contribution is 5.41. The Kier molecular flexibility index (Phi) is 2.87. The second kappa shape index (κ2) is 3.96. The van der Waals surface area contributed by atoms with Gasteiger partial charge in [-0.05, 0) is 24.1 Å². The van der Waals surface area contributed by atoms with Crippen LogP contribution in [0.1, 0.15) is 18.9 Å². The number of nitrogens with two attached hydrogens (primary N) is 1. The van der Waals surface area contributed by atoms with Crippen molar-refractivity contribution in [2.45, 2.75) is 18.8 Å². The Morgan fingerprint density at radius 2 is 2.24 bits per heavy atom. The van der Waals surface area contributed by atoms with Crippen molar-refractivity contribution in [3.8, 4) is 5.75 Å². The molecular formula is C13H18FNO2. The molecule has 1 aliphatic rings. The fourth-order valence-corrected chi connectivity index (χ4v) is 2.64. The van der Waals surface area contributed by atoms with Crippen molar-refractivity contribution in [2.75, 3.05) is 20.3 Å². The minimum Gasteiger partial charge on any atom is -0.494 e. The molecule has 0 bridgehead atoms. The van der Waals surface area contributed by atoms with Gasteiger partial charge in [0.1, 0.15) is 0 Å². The van der Waals surface area contributed by atoms with Crippen LogP contribution in [0.2, 0.25) is 0 Å². The standard InChI is InChI=1S/C13H18FNO2/c1-12(6-13(12,7-15)8-16)9-3-4-11(17-2)10(14)5-9/h3-5,16H,6-8,15H2,1-2H3. The van der Waals surface area contributed by atoms with Gasteiger partial charge in [0.25, 0.3) is 0 Å². The molecule has 94 valence electrons. The summed E-state index contributed by atoms with van der Waals surface area (Å²) in [4.78, 5) is 0. The van der Waals surface area contributed by atoms with E-state index in [1.165, 1.54) is 13.2 Å². The predicted octanol–water partition coefficient (Wildman–Crippen LogP) is 1.43. The SMILES string of the molecule is COc1ccc(C2(C)CC2(CN)CO)cc1F. The topological polar surface area (TPSA) is 55.5 Å². The summed E-state index contributed by atoms with van der Waals surface area (Å²) in [5, 5.41) is 9.43. The maximum atomic E-state index is 13.6. The van der Waals surface area contributed by atoms with Crippen molar-refractivity contribution < 1.29 is 14.2 Å². The largest absolute Gasteiger partial charge is 0.494 e. The second-order valence-electron chi connectivity index (χ2n) is 5.00. The van der Waals surface area contributed by atoms with E-state index in [2.05, 4.69) is 0 Å². The summed E-state index contributed by atoms with van der Waals surface area (Å²) in [6, 6.07) is 4.94. The number of hydrogen-bond donors (Lipinski definition) is 2. The summed E-state index contributed by atoms with van der Waals surface area (Å²) in [5.41, 5.74) is 6.05. The van der Waals surface area contributed by atoms with E-state index in [9.17, 15) is 9.50 Å². The Bertz CT molecular complexity index is 431. The molecule has 0 aromatic heterocycles. The number of benzene rings is 1. The minimum absolute atomic E-state index is 0.0354. The third kappa shape index (κ3) is 1.63. The first kappa shape index (κ1) is 12.3. The molecule has 1 aliphatic carbocycles. The first-order valence-electron chi connectivity index (χ1n) is 5.68. The highest BCUT2D eigenvalue weighted by Gasteiger charge is 2.63. The summed E-state index contributed by atoms with van der Waals surface area (Å²) >= 11 is 0. The number of halogens is 1. The first-order chi connectivity index (χ1) is 8.03. The van der Waals surface area contributed by atoms with E-state index in [1.807, 2.05) is 13.0 Å². The quantitative estimate of drug-likeness (QED) is 0.835. The van der Waals surface area contributed by atoms with E-state index in [0.717, 1.165) is 12.0 Å². The molecule has 3 N–H and O–H groups in total. The van der Waals surface area contributed by atoms with Crippen LogP contribution in [0.5, 0.6) is 5.75 Å². The van der Waals surface area contributed by atoms with Gasteiger partial charge >= 0.3 is 0 Å². The van der Waals surface area contributed by atoms with Crippen LogP contribution in [0, 0.1) is 11.2 Å². The summed E-state index contributed by atoms with van der Waals surface area (Å²) in [6.45, 7) is 2.46. The van der Waals surface area contributed by atoms with Crippen molar-refractivity contribution >= 4 is 0 Å². The molecular weight excluding hydrogens is 221 g/mol. The van der Waals surface area contributed by atoms with Crippen LogP contribution in [0.3, 0.4) is 0 Å². The number of ether oxygens (including phenoxy) is 1. The van der Waals surface area contributed by atoms with E-state index >= 15 is 0 Å². The van der Waals surface area contributed by atoms with Crippen molar-refractivity contribution in [1.29, 1.82) is 0 Å². The third-order valence-electron chi connectivity index (χ3n) is 4.22. The molecule has 0 radical (unpaired) electrons. The molecule has 17 heavy (non-hydrogen) atoms. The fraction of sp³-hybridized carbons (Fsp3) is 0.538. The van der Waals surface area contributed by atoms with Crippen molar-refractivity contribution in [3.05, 3.63) is 29.6 Å². The number of methoxy groups -OCH3 is 1. The third-order valence-corrected chi connectivity index (χ3v) is 4.22. The van der Waals surface area contributed by atoms with Gasteiger partial charge < -0.3 is 15.6 Å². The van der Waals surface area contributed by atoms with E-state index in [-0.39, 0.29) is 29.0 Å². The lowest BCUT2D eigenvalue weighted by Gasteiger charge is -2.20. The Hall–Kier alpha value is -1.13. The van der Waals surface area contributed by atoms with Crippen LogP contribution in [-0.4, -0.2) is 25.4 Å². The van der Waals surface area contributed by atoms with Gasteiger partial charge in [-0.2, -0.15) is 0 Å². The molecule has 1 saturated carbocycles. The van der Waals surface area contributed by atoms with Gasteiger partial charge in [-0.15, -0.1) is 0 Å². The molecule has 0 spiro atoms. The molecule has 0 amide bonds. The Morgan fingerprint density at radius 3 is 2.65 bits per heavy atom. The molecule has 1 fully saturated rings. The van der Waals surface area contributed by atoms with E-state index in [0.29, 0.717) is 6.54 Å². The summed E-state index contributed by atoms with van der Waals surface area (Å²) in [7, 11) is 1.44. The molecule has 1 aromatic carbocycles. The lowest BCUT2D eigenvalue weighted by Crippen LogP contribution is -2.27. The van der Waals surface area contributed by atoms with Gasteiger partial charge in [0.2, 0.25) is 0 Å². The monoisotopic (exact) mass is 239 g/mol. The fourth-order valence-electron chi connectivity index (χ4n) is 2.64. The summed E-state index contributed by atoms with van der Waals surface area (Å²) in [6.07, 6.45) is 0.790. The normalized spacial score (nSPS) is 31.4. The molecule has 1 aromatic rings. The number of aliphatic hydroxyl groups is 1. The van der Waals surface area contributed by atoms with Crippen molar-refractivity contribution in [2.24, 2.45) is 11.1 Å². The zero-order valence-corrected chi connectivity index (χ0v) is 10.2. The number of hydrogen-bond acceptors (Lipinski definition) is 3. The highest BCUT2D eigenvalue weighted by Crippen LogP contribution is 2.63. The molecule has 3 nitrogen and oxygen atoms in total. The van der Waals surface area contributed by atoms with Gasteiger partial charge in [0.15, 0.2) is 11.6 Å². The van der Waals surface area contributed by atoms with Crippen LogP contribution in [0.4, 0.5) is 4.39 Å². The lowest BCUT2D eigenvalue weighted by molar-refractivity contribution is 0.198. The van der Waals surface area contributed by atoms with Crippen LogP contribution in [0.15, 0.2) is 18.2 Å². The maximum absolute atomic E-state index is 13.6. The van der Waals surface area contributed by atoms with Gasteiger partial charge in [0, 0.05) is 17.4 Å². The number of aliphatic hydroxyl groups excluding tert-OH is 1. The van der Waals surface area contributed by atoms with Crippen molar-refractivity contribution in [1.82, 2.24) is 0 Å². The Morgan fingerprint density at radius 1 is 1.53 bits per heavy atom. The summed E-state index contributed by atoms with van der Waals surface area (Å²) in [5.74, 6) is -0.137. The maximum Gasteiger partial charge on any atom is 0.165 e. The molecule has 0 heterocycles. The molecule has 2 atom stereocenters. The Balaban J connectivity index is 2.34. The average molecular weight is 239 g/mol. The molecule has 2 rings (SSSR count). The first-order valence-corrected chi connectivity index (χ1v) is 5.68. The van der Waals surface area contributed by atoms with Crippen LogP contribution in [-0.2, 0) is 5.41 Å². The molecule has 2 unspecified atom stereocenters. The molecule has 0 aliphatic heterocycles. The Labute approximate surface area is 100 Å². The van der Waals surface area contributed by atoms with E-state index in [4.69, 9.17) is 10.5 Å². The smallest absolute Gasteiger partial charge is 0.165 e. The molecule has 4 heteroatoms. The van der Waals surface area contributed by atoms with Crippen LogP contribution in [0.25, 0.3) is 0 Å². The van der Waals surface area contributed by atoms with Crippen molar-refractivity contribution in [3.63, 3.8) is 0 Å². The predicted molar refractivity (Wildman–Crippen MR) is 63.5 cm³/mol. The molecule has 0 saturated heterocycles. The van der Waals surface area contributed by atoms with Gasteiger partial charge in [-0.25, -0.2) is 4.39 Å². The van der Waals surface area contributed by atoms with E-state index in [1.54, 1.807) is 6.07 Å². The van der Waals surface area contributed by atoms with Crippen LogP contribution < -0.4 is 10.5 Å². The van der Waals surface area contributed by atoms with Crippen LogP contribution >= 0.6 is 0 Å². The zero-order valence-electron chi connectivity index (χ0n) is 10.2. The highest BCUT2D eigenvalue weighted by atomic mass is 19.1. The lowest BCUT2D eigenvalue weighted by atomic mass is 9.88. The van der Waals surface area contributed by atoms with E-state index < -0.39 is 0 Å². The summed E-state index contributed by atoms with van der Waals surface area (Å²) < 4.78 is 18.5. The van der Waals surface area contributed by atoms with Gasteiger partial charge in [-0.3, -0.25) is 0 Å². The van der Waals surface area contributed by atoms with Gasteiger partial charge in [-0.1, -0.05) is 13.0 Å². The zero-order chi connectivity index (χ0) is 12.7. The van der Waals surface area contributed by atoms with Gasteiger partial charge in [0.05, 0.1) is 13.7 Å². The second-order valence-corrected chi connectivity index (χ2v) is 5.00. The number of rotatable bonds is 4.